The van der Waals surface area contributed by atoms with Crippen molar-refractivity contribution in [3.8, 4) is 0 Å². The summed E-state index contributed by atoms with van der Waals surface area (Å²) >= 11 is 0. The van der Waals surface area contributed by atoms with Gasteiger partial charge >= 0.3 is 0 Å². The van der Waals surface area contributed by atoms with Crippen molar-refractivity contribution in [1.29, 1.82) is 0 Å². The number of aromatic nitrogens is 1. The summed E-state index contributed by atoms with van der Waals surface area (Å²) in [5, 5.41) is 0. The van der Waals surface area contributed by atoms with Crippen LogP contribution in [0.1, 0.15) is 24.1 Å². The molecule has 2 rings (SSSR count). The molecular weight excluding hydrogens is 189 g/mol. The molecule has 0 N–H and O–H groups in total. The molecule has 1 atom stereocenters. The fourth-order valence-electron chi connectivity index (χ4n) is 1.56. The third-order valence-corrected chi connectivity index (χ3v) is 2.49. The zero-order valence-electron chi connectivity index (χ0n) is 8.52. The standard InChI is InChI=1S/C13H12FN/c1-10(11-5-3-2-4-6-11)13-8-7-12(14)9-15-13/h2-10H,1H3/t10-/m0/s1. The van der Waals surface area contributed by atoms with E-state index in [2.05, 4.69) is 24.0 Å². The summed E-state index contributed by atoms with van der Waals surface area (Å²) in [4.78, 5) is 4.08. The number of benzene rings is 1. The van der Waals surface area contributed by atoms with Gasteiger partial charge in [0.05, 0.1) is 6.20 Å². The molecule has 1 aromatic carbocycles. The third-order valence-electron chi connectivity index (χ3n) is 2.49. The number of hydrogen-bond acceptors (Lipinski definition) is 1. The van der Waals surface area contributed by atoms with E-state index in [0.717, 1.165) is 5.69 Å². The highest BCUT2D eigenvalue weighted by molar-refractivity contribution is 5.27. The minimum absolute atomic E-state index is 0.201. The highest BCUT2D eigenvalue weighted by Gasteiger charge is 2.08. The van der Waals surface area contributed by atoms with Crippen molar-refractivity contribution in [1.82, 2.24) is 4.98 Å². The van der Waals surface area contributed by atoms with E-state index in [4.69, 9.17) is 0 Å². The number of rotatable bonds is 2. The van der Waals surface area contributed by atoms with Gasteiger partial charge in [-0.15, -0.1) is 0 Å². The molecule has 0 saturated carbocycles. The van der Waals surface area contributed by atoms with Gasteiger partial charge in [0, 0.05) is 11.6 Å². The summed E-state index contributed by atoms with van der Waals surface area (Å²) in [5.41, 5.74) is 2.08. The fourth-order valence-corrected chi connectivity index (χ4v) is 1.56. The summed E-state index contributed by atoms with van der Waals surface area (Å²) in [6.45, 7) is 2.07. The molecule has 1 aromatic heterocycles. The number of halogens is 1. The Balaban J connectivity index is 2.29. The van der Waals surface area contributed by atoms with Gasteiger partial charge in [0.25, 0.3) is 0 Å². The molecule has 0 amide bonds. The molecule has 0 bridgehead atoms. The molecule has 2 heteroatoms. The van der Waals surface area contributed by atoms with Gasteiger partial charge in [-0.1, -0.05) is 37.3 Å². The van der Waals surface area contributed by atoms with Crippen molar-refractivity contribution in [3.63, 3.8) is 0 Å². The van der Waals surface area contributed by atoms with Crippen molar-refractivity contribution >= 4 is 0 Å². The smallest absolute Gasteiger partial charge is 0.141 e. The quantitative estimate of drug-likeness (QED) is 0.725. The monoisotopic (exact) mass is 201 g/mol. The molecule has 0 aliphatic rings. The largest absolute Gasteiger partial charge is 0.258 e. The van der Waals surface area contributed by atoms with Crippen LogP contribution in [0.2, 0.25) is 0 Å². The molecule has 0 aliphatic carbocycles. The van der Waals surface area contributed by atoms with Gasteiger partial charge in [-0.2, -0.15) is 0 Å². The maximum atomic E-state index is 12.7. The van der Waals surface area contributed by atoms with Gasteiger partial charge in [0.15, 0.2) is 0 Å². The van der Waals surface area contributed by atoms with Crippen LogP contribution in [0.5, 0.6) is 0 Å². The lowest BCUT2D eigenvalue weighted by molar-refractivity contribution is 0.618. The Morgan fingerprint density at radius 1 is 1.07 bits per heavy atom. The van der Waals surface area contributed by atoms with Gasteiger partial charge in [0.1, 0.15) is 5.82 Å². The Morgan fingerprint density at radius 2 is 1.80 bits per heavy atom. The van der Waals surface area contributed by atoms with Crippen molar-refractivity contribution in [2.45, 2.75) is 12.8 Å². The highest BCUT2D eigenvalue weighted by Crippen LogP contribution is 2.21. The van der Waals surface area contributed by atoms with E-state index in [0.29, 0.717) is 0 Å². The van der Waals surface area contributed by atoms with Crippen LogP contribution in [0.4, 0.5) is 4.39 Å². The first-order chi connectivity index (χ1) is 7.27. The van der Waals surface area contributed by atoms with Crippen LogP contribution in [0, 0.1) is 5.82 Å². The molecule has 2 aromatic rings. The third kappa shape index (κ3) is 2.21. The van der Waals surface area contributed by atoms with E-state index >= 15 is 0 Å². The topological polar surface area (TPSA) is 12.9 Å². The highest BCUT2D eigenvalue weighted by atomic mass is 19.1. The lowest BCUT2D eigenvalue weighted by atomic mass is 9.97. The number of pyridine rings is 1. The van der Waals surface area contributed by atoms with E-state index in [9.17, 15) is 4.39 Å². The fraction of sp³-hybridized carbons (Fsp3) is 0.154. The van der Waals surface area contributed by atoms with E-state index in [1.165, 1.54) is 17.8 Å². The Morgan fingerprint density at radius 3 is 2.40 bits per heavy atom. The SMILES string of the molecule is C[C@@H](c1ccccc1)c1ccc(F)cn1. The average Bonchev–Trinajstić information content (AvgIpc) is 2.30. The van der Waals surface area contributed by atoms with E-state index in [1.807, 2.05) is 18.2 Å². The Labute approximate surface area is 88.6 Å². The van der Waals surface area contributed by atoms with Gasteiger partial charge in [0.2, 0.25) is 0 Å². The van der Waals surface area contributed by atoms with Crippen LogP contribution in [0.25, 0.3) is 0 Å². The molecule has 0 spiro atoms. The van der Waals surface area contributed by atoms with Crippen LogP contribution in [0.15, 0.2) is 48.7 Å². The molecule has 0 saturated heterocycles. The second kappa shape index (κ2) is 4.22. The second-order valence-electron chi connectivity index (χ2n) is 3.53. The van der Waals surface area contributed by atoms with Crippen LogP contribution < -0.4 is 0 Å². The molecule has 0 aliphatic heterocycles. The normalized spacial score (nSPS) is 12.4. The summed E-state index contributed by atoms with van der Waals surface area (Å²) in [6.07, 6.45) is 1.26. The molecule has 1 nitrogen and oxygen atoms in total. The minimum Gasteiger partial charge on any atom is -0.258 e. The Bertz CT molecular complexity index is 422. The summed E-state index contributed by atoms with van der Waals surface area (Å²) < 4.78 is 12.7. The lowest BCUT2D eigenvalue weighted by Crippen LogP contribution is -1.98. The zero-order chi connectivity index (χ0) is 10.7. The molecule has 0 fully saturated rings. The van der Waals surface area contributed by atoms with Crippen LogP contribution in [0.3, 0.4) is 0 Å². The molecule has 15 heavy (non-hydrogen) atoms. The minimum atomic E-state index is -0.293. The maximum absolute atomic E-state index is 12.7. The second-order valence-corrected chi connectivity index (χ2v) is 3.53. The van der Waals surface area contributed by atoms with E-state index in [1.54, 1.807) is 6.07 Å². The van der Waals surface area contributed by atoms with Gasteiger partial charge in [-0.3, -0.25) is 4.98 Å². The molecule has 1 heterocycles. The number of nitrogens with zero attached hydrogens (tertiary/aromatic N) is 1. The van der Waals surface area contributed by atoms with Crippen molar-refractivity contribution in [3.05, 3.63) is 65.7 Å². The van der Waals surface area contributed by atoms with Crippen LogP contribution in [-0.2, 0) is 0 Å². The van der Waals surface area contributed by atoms with Crippen molar-refractivity contribution < 1.29 is 4.39 Å². The first-order valence-corrected chi connectivity index (χ1v) is 4.94. The average molecular weight is 201 g/mol. The van der Waals surface area contributed by atoms with Crippen LogP contribution in [-0.4, -0.2) is 4.98 Å². The van der Waals surface area contributed by atoms with Crippen LogP contribution >= 0.6 is 0 Å². The molecule has 0 unspecified atom stereocenters. The van der Waals surface area contributed by atoms with E-state index in [-0.39, 0.29) is 11.7 Å². The first-order valence-electron chi connectivity index (χ1n) is 4.94. The van der Waals surface area contributed by atoms with Gasteiger partial charge in [-0.05, 0) is 17.7 Å². The van der Waals surface area contributed by atoms with Gasteiger partial charge < -0.3 is 0 Å². The van der Waals surface area contributed by atoms with Crippen molar-refractivity contribution in [2.24, 2.45) is 0 Å². The summed E-state index contributed by atoms with van der Waals surface area (Å²) in [6, 6.07) is 13.2. The lowest BCUT2D eigenvalue weighted by Gasteiger charge is -2.10. The van der Waals surface area contributed by atoms with E-state index < -0.39 is 0 Å². The zero-order valence-corrected chi connectivity index (χ0v) is 8.52. The molecule has 76 valence electrons. The predicted octanol–water partition coefficient (Wildman–Crippen LogP) is 3.37. The summed E-state index contributed by atoms with van der Waals surface area (Å²) in [5.74, 6) is -0.0918. The molecular formula is C13H12FN. The maximum Gasteiger partial charge on any atom is 0.141 e. The summed E-state index contributed by atoms with van der Waals surface area (Å²) in [7, 11) is 0. The number of hydrogen-bond donors (Lipinski definition) is 0. The molecule has 0 radical (unpaired) electrons. The van der Waals surface area contributed by atoms with Gasteiger partial charge in [-0.25, -0.2) is 4.39 Å². The Kier molecular flexibility index (Phi) is 2.77. The first kappa shape index (κ1) is 9.84. The predicted molar refractivity (Wildman–Crippen MR) is 58.2 cm³/mol. The Hall–Kier alpha value is -1.70. The van der Waals surface area contributed by atoms with Crippen molar-refractivity contribution in [2.75, 3.05) is 0 Å².